The van der Waals surface area contributed by atoms with Crippen molar-refractivity contribution < 1.29 is 9.15 Å². The van der Waals surface area contributed by atoms with Crippen LogP contribution in [0.25, 0.3) is 0 Å². The van der Waals surface area contributed by atoms with Gasteiger partial charge < -0.3 is 14.5 Å². The second-order valence-electron chi connectivity index (χ2n) is 3.73. The summed E-state index contributed by atoms with van der Waals surface area (Å²) in [7, 11) is 0. The molecule has 1 aromatic rings. The molecule has 0 radical (unpaired) electrons. The Labute approximate surface area is 89.2 Å². The first-order valence-corrected chi connectivity index (χ1v) is 5.51. The van der Waals surface area contributed by atoms with Crippen LogP contribution >= 0.6 is 0 Å². The minimum absolute atomic E-state index is 0.293. The Morgan fingerprint density at radius 3 is 3.13 bits per heavy atom. The van der Waals surface area contributed by atoms with Crippen LogP contribution in [0, 0.1) is 0 Å². The van der Waals surface area contributed by atoms with Crippen molar-refractivity contribution in [3.63, 3.8) is 0 Å². The molecule has 5 nitrogen and oxygen atoms in total. The van der Waals surface area contributed by atoms with E-state index in [2.05, 4.69) is 15.5 Å². The number of rotatable bonds is 4. The van der Waals surface area contributed by atoms with E-state index in [9.17, 15) is 0 Å². The van der Waals surface area contributed by atoms with Crippen LogP contribution in [0.4, 0.5) is 0 Å². The Bertz CT molecular complexity index is 295. The minimum Gasteiger partial charge on any atom is -0.423 e. The van der Waals surface area contributed by atoms with Crippen LogP contribution in [-0.2, 0) is 11.3 Å². The summed E-state index contributed by atoms with van der Waals surface area (Å²) in [4.78, 5) is 0. The summed E-state index contributed by atoms with van der Waals surface area (Å²) >= 11 is 0. The van der Waals surface area contributed by atoms with E-state index in [4.69, 9.17) is 9.15 Å². The molecular weight excluding hydrogens is 194 g/mol. The van der Waals surface area contributed by atoms with Gasteiger partial charge in [0, 0.05) is 6.61 Å². The summed E-state index contributed by atoms with van der Waals surface area (Å²) in [5.41, 5.74) is 0. The van der Waals surface area contributed by atoms with Gasteiger partial charge in [-0.05, 0) is 19.4 Å². The summed E-state index contributed by atoms with van der Waals surface area (Å²) < 4.78 is 10.9. The Balaban J connectivity index is 1.93. The summed E-state index contributed by atoms with van der Waals surface area (Å²) in [6, 6.07) is 0. The molecule has 2 rings (SSSR count). The first-order chi connectivity index (χ1) is 7.40. The Morgan fingerprint density at radius 1 is 1.47 bits per heavy atom. The topological polar surface area (TPSA) is 60.2 Å². The maximum atomic E-state index is 5.56. The fourth-order valence-corrected chi connectivity index (χ4v) is 1.67. The maximum absolute atomic E-state index is 5.56. The van der Waals surface area contributed by atoms with Gasteiger partial charge in [0.2, 0.25) is 11.8 Å². The number of aromatic nitrogens is 2. The highest BCUT2D eigenvalue weighted by Crippen LogP contribution is 2.23. The zero-order valence-corrected chi connectivity index (χ0v) is 9.03. The second kappa shape index (κ2) is 5.23. The van der Waals surface area contributed by atoms with E-state index in [1.807, 2.05) is 6.92 Å². The molecule has 15 heavy (non-hydrogen) atoms. The monoisotopic (exact) mass is 211 g/mol. The van der Waals surface area contributed by atoms with Gasteiger partial charge in [0.15, 0.2) is 0 Å². The third-order valence-corrected chi connectivity index (χ3v) is 2.52. The average molecular weight is 211 g/mol. The molecule has 1 atom stereocenters. The Hall–Kier alpha value is -0.940. The smallest absolute Gasteiger partial charge is 0.230 e. The first kappa shape index (κ1) is 10.6. The molecule has 0 amide bonds. The average Bonchev–Trinajstić information content (AvgIpc) is 2.76. The second-order valence-corrected chi connectivity index (χ2v) is 3.73. The minimum atomic E-state index is 0.293. The molecule has 1 unspecified atom stereocenters. The van der Waals surface area contributed by atoms with Crippen molar-refractivity contribution in [2.75, 3.05) is 19.8 Å². The van der Waals surface area contributed by atoms with E-state index in [-0.39, 0.29) is 0 Å². The first-order valence-electron chi connectivity index (χ1n) is 5.51. The molecule has 2 heterocycles. The van der Waals surface area contributed by atoms with E-state index < -0.39 is 0 Å². The lowest BCUT2D eigenvalue weighted by molar-refractivity contribution is 0.0721. The Kier molecular flexibility index (Phi) is 3.69. The fraction of sp³-hybridized carbons (Fsp3) is 0.800. The molecule has 0 aliphatic carbocycles. The lowest BCUT2D eigenvalue weighted by Crippen LogP contribution is -2.15. The van der Waals surface area contributed by atoms with E-state index in [1.165, 1.54) is 0 Å². The van der Waals surface area contributed by atoms with Gasteiger partial charge in [-0.1, -0.05) is 6.92 Å². The van der Waals surface area contributed by atoms with Crippen LogP contribution in [0.1, 0.15) is 37.5 Å². The highest BCUT2D eigenvalue weighted by atomic mass is 16.5. The number of hydrogen-bond donors (Lipinski definition) is 1. The van der Waals surface area contributed by atoms with E-state index >= 15 is 0 Å². The van der Waals surface area contributed by atoms with E-state index in [1.54, 1.807) is 0 Å². The van der Waals surface area contributed by atoms with Gasteiger partial charge in [-0.25, -0.2) is 0 Å². The van der Waals surface area contributed by atoms with Gasteiger partial charge in [-0.2, -0.15) is 0 Å². The molecule has 84 valence electrons. The highest BCUT2D eigenvalue weighted by molar-refractivity contribution is 4.92. The predicted molar refractivity (Wildman–Crippen MR) is 54.5 cm³/mol. The fourth-order valence-electron chi connectivity index (χ4n) is 1.67. The summed E-state index contributed by atoms with van der Waals surface area (Å²) in [6.45, 7) is 5.17. The molecule has 1 aromatic heterocycles. The van der Waals surface area contributed by atoms with Crippen LogP contribution in [0.5, 0.6) is 0 Å². The summed E-state index contributed by atoms with van der Waals surface area (Å²) in [6.07, 6.45) is 2.17. The molecule has 0 aromatic carbocycles. The van der Waals surface area contributed by atoms with Crippen molar-refractivity contribution in [1.82, 2.24) is 15.5 Å². The van der Waals surface area contributed by atoms with Gasteiger partial charge in [0.05, 0.1) is 19.1 Å². The van der Waals surface area contributed by atoms with Crippen LogP contribution in [0.3, 0.4) is 0 Å². The molecule has 1 saturated heterocycles. The van der Waals surface area contributed by atoms with E-state index in [0.717, 1.165) is 31.9 Å². The Morgan fingerprint density at radius 2 is 2.40 bits per heavy atom. The third-order valence-electron chi connectivity index (χ3n) is 2.52. The SMILES string of the molecule is CCNCc1nnc(C2CCCOC2)o1. The van der Waals surface area contributed by atoms with Gasteiger partial charge in [0.1, 0.15) is 0 Å². The molecule has 0 saturated carbocycles. The molecule has 1 N–H and O–H groups in total. The van der Waals surface area contributed by atoms with Crippen molar-refractivity contribution in [3.05, 3.63) is 11.8 Å². The van der Waals surface area contributed by atoms with Crippen LogP contribution < -0.4 is 5.32 Å². The van der Waals surface area contributed by atoms with Crippen molar-refractivity contribution in [2.24, 2.45) is 0 Å². The predicted octanol–water partition coefficient (Wildman–Crippen LogP) is 1.07. The molecule has 0 spiro atoms. The molecule has 1 fully saturated rings. The molecule has 5 heteroatoms. The summed E-state index contributed by atoms with van der Waals surface area (Å²) in [5.74, 6) is 1.68. The van der Waals surface area contributed by atoms with Crippen molar-refractivity contribution >= 4 is 0 Å². The van der Waals surface area contributed by atoms with Gasteiger partial charge >= 0.3 is 0 Å². The third kappa shape index (κ3) is 2.76. The normalized spacial score (nSPS) is 21.8. The van der Waals surface area contributed by atoms with Gasteiger partial charge in [0.25, 0.3) is 0 Å². The van der Waals surface area contributed by atoms with E-state index in [0.29, 0.717) is 25.0 Å². The van der Waals surface area contributed by atoms with Gasteiger partial charge in [-0.15, -0.1) is 10.2 Å². The van der Waals surface area contributed by atoms with Crippen molar-refractivity contribution in [3.8, 4) is 0 Å². The zero-order valence-electron chi connectivity index (χ0n) is 9.03. The molecule has 1 aliphatic rings. The van der Waals surface area contributed by atoms with Crippen LogP contribution in [-0.4, -0.2) is 30.0 Å². The molecular formula is C10H17N3O2. The lowest BCUT2D eigenvalue weighted by Gasteiger charge is -2.18. The van der Waals surface area contributed by atoms with Crippen molar-refractivity contribution in [1.29, 1.82) is 0 Å². The molecule has 1 aliphatic heterocycles. The van der Waals surface area contributed by atoms with Gasteiger partial charge in [-0.3, -0.25) is 0 Å². The lowest BCUT2D eigenvalue weighted by atomic mass is 10.0. The van der Waals surface area contributed by atoms with Crippen LogP contribution in [0.2, 0.25) is 0 Å². The largest absolute Gasteiger partial charge is 0.423 e. The van der Waals surface area contributed by atoms with Crippen molar-refractivity contribution in [2.45, 2.75) is 32.2 Å². The number of nitrogens with one attached hydrogen (secondary N) is 1. The zero-order chi connectivity index (χ0) is 10.5. The quantitative estimate of drug-likeness (QED) is 0.807. The summed E-state index contributed by atoms with van der Waals surface area (Å²) in [5, 5.41) is 11.2. The number of hydrogen-bond acceptors (Lipinski definition) is 5. The standard InChI is InChI=1S/C10H17N3O2/c1-2-11-6-9-12-13-10(15-9)8-4-3-5-14-7-8/h8,11H,2-7H2,1H3. The maximum Gasteiger partial charge on any atom is 0.230 e. The highest BCUT2D eigenvalue weighted by Gasteiger charge is 2.21. The van der Waals surface area contributed by atoms with Crippen LogP contribution in [0.15, 0.2) is 4.42 Å². The number of nitrogens with zero attached hydrogens (tertiary/aromatic N) is 2. The number of ether oxygens (including phenoxy) is 1. The molecule has 0 bridgehead atoms.